The Kier molecular flexibility index (Phi) is 8.28. The minimum atomic E-state index is -0.676. The van der Waals surface area contributed by atoms with Crippen LogP contribution >= 0.6 is 23.2 Å². The quantitative estimate of drug-likeness (QED) is 0.644. The van der Waals surface area contributed by atoms with Crippen molar-refractivity contribution >= 4 is 40.9 Å². The van der Waals surface area contributed by atoms with Gasteiger partial charge in [0.25, 0.3) is 5.91 Å². The third-order valence-electron chi connectivity index (χ3n) is 5.05. The Balaban J connectivity index is 1.34. The van der Waals surface area contributed by atoms with Crippen LogP contribution in [-0.2, 0) is 16.1 Å². The lowest BCUT2D eigenvalue weighted by Crippen LogP contribution is -2.51. The lowest BCUT2D eigenvalue weighted by molar-refractivity contribution is -0.139. The number of carbonyl (C=O) groups excluding carboxylic acids is 3. The van der Waals surface area contributed by atoms with E-state index in [4.69, 9.17) is 23.2 Å². The number of benzene rings is 2. The van der Waals surface area contributed by atoms with Gasteiger partial charge in [0.05, 0.1) is 10.6 Å². The molecule has 0 atom stereocenters. The molecule has 0 saturated carbocycles. The van der Waals surface area contributed by atoms with Crippen molar-refractivity contribution in [3.8, 4) is 0 Å². The Bertz CT molecular complexity index is 929. The van der Waals surface area contributed by atoms with Crippen molar-refractivity contribution in [1.82, 2.24) is 20.4 Å². The lowest BCUT2D eigenvalue weighted by atomic mass is 10.2. The van der Waals surface area contributed by atoms with E-state index in [0.29, 0.717) is 54.9 Å². The van der Waals surface area contributed by atoms with E-state index in [-0.39, 0.29) is 12.5 Å². The van der Waals surface area contributed by atoms with Crippen molar-refractivity contribution < 1.29 is 14.4 Å². The van der Waals surface area contributed by atoms with E-state index < -0.39 is 11.8 Å². The SMILES string of the molecule is O=C(NCCN1CCN(C(=O)c2ccccc2Cl)CC1)C(=O)NCc1ccc(Cl)cc1. The van der Waals surface area contributed by atoms with Crippen LogP contribution in [0.4, 0.5) is 0 Å². The first-order valence-corrected chi connectivity index (χ1v) is 10.8. The minimum Gasteiger partial charge on any atom is -0.347 e. The Morgan fingerprint density at radius 3 is 2.16 bits per heavy atom. The molecule has 164 valence electrons. The number of halogens is 2. The summed E-state index contributed by atoms with van der Waals surface area (Å²) in [6.07, 6.45) is 0. The molecule has 31 heavy (non-hydrogen) atoms. The van der Waals surface area contributed by atoms with Gasteiger partial charge in [-0.1, -0.05) is 47.5 Å². The van der Waals surface area contributed by atoms with Crippen LogP contribution in [0.25, 0.3) is 0 Å². The maximum Gasteiger partial charge on any atom is 0.309 e. The van der Waals surface area contributed by atoms with Crippen LogP contribution in [0.1, 0.15) is 15.9 Å². The molecule has 7 nitrogen and oxygen atoms in total. The van der Waals surface area contributed by atoms with Crippen LogP contribution in [0.2, 0.25) is 10.0 Å². The van der Waals surface area contributed by atoms with Gasteiger partial charge in [0.2, 0.25) is 0 Å². The molecule has 0 aliphatic carbocycles. The number of carbonyl (C=O) groups is 3. The molecule has 2 aromatic rings. The number of nitrogens with zero attached hydrogens (tertiary/aromatic N) is 2. The molecule has 3 rings (SSSR count). The number of nitrogens with one attached hydrogen (secondary N) is 2. The number of rotatable bonds is 6. The van der Waals surface area contributed by atoms with E-state index in [1.165, 1.54) is 0 Å². The fourth-order valence-corrected chi connectivity index (χ4v) is 3.59. The van der Waals surface area contributed by atoms with E-state index in [1.54, 1.807) is 53.4 Å². The molecule has 1 heterocycles. The zero-order valence-electron chi connectivity index (χ0n) is 16.9. The molecule has 0 bridgehead atoms. The van der Waals surface area contributed by atoms with Crippen molar-refractivity contribution in [3.63, 3.8) is 0 Å². The summed E-state index contributed by atoms with van der Waals surface area (Å²) in [5, 5.41) is 6.28. The van der Waals surface area contributed by atoms with Gasteiger partial charge >= 0.3 is 11.8 Å². The Hall–Kier alpha value is -2.61. The Morgan fingerprint density at radius 1 is 0.839 bits per heavy atom. The molecule has 2 N–H and O–H groups in total. The van der Waals surface area contributed by atoms with Gasteiger partial charge in [0.1, 0.15) is 0 Å². The number of hydrogen-bond acceptors (Lipinski definition) is 4. The molecule has 1 aliphatic rings. The van der Waals surface area contributed by atoms with Crippen molar-refractivity contribution in [1.29, 1.82) is 0 Å². The molecule has 2 aromatic carbocycles. The van der Waals surface area contributed by atoms with Crippen molar-refractivity contribution in [2.24, 2.45) is 0 Å². The van der Waals surface area contributed by atoms with E-state index in [0.717, 1.165) is 5.56 Å². The molecule has 0 spiro atoms. The Labute approximate surface area is 191 Å². The predicted octanol–water partition coefficient (Wildman–Crippen LogP) is 2.18. The largest absolute Gasteiger partial charge is 0.347 e. The van der Waals surface area contributed by atoms with E-state index >= 15 is 0 Å². The summed E-state index contributed by atoms with van der Waals surface area (Å²) in [4.78, 5) is 40.4. The number of amides is 3. The van der Waals surface area contributed by atoms with Gasteiger partial charge in [0.15, 0.2) is 0 Å². The van der Waals surface area contributed by atoms with Gasteiger partial charge in [-0.05, 0) is 29.8 Å². The average Bonchev–Trinajstić information content (AvgIpc) is 2.78. The molecule has 1 aliphatic heterocycles. The predicted molar refractivity (Wildman–Crippen MR) is 120 cm³/mol. The molecule has 9 heteroatoms. The van der Waals surface area contributed by atoms with Gasteiger partial charge in [-0.25, -0.2) is 0 Å². The van der Waals surface area contributed by atoms with E-state index in [9.17, 15) is 14.4 Å². The van der Waals surface area contributed by atoms with Crippen LogP contribution in [0.3, 0.4) is 0 Å². The highest BCUT2D eigenvalue weighted by atomic mass is 35.5. The van der Waals surface area contributed by atoms with Gasteiger partial charge < -0.3 is 15.5 Å². The van der Waals surface area contributed by atoms with Gasteiger partial charge in [0, 0.05) is 50.8 Å². The summed E-state index contributed by atoms with van der Waals surface area (Å²) >= 11 is 11.9. The van der Waals surface area contributed by atoms with Crippen molar-refractivity contribution in [2.75, 3.05) is 39.3 Å². The standard InChI is InChI=1S/C22H24Cl2N4O3/c23-17-7-5-16(6-8-17)15-26-21(30)20(29)25-9-10-27-11-13-28(14-12-27)22(31)18-3-1-2-4-19(18)24/h1-8H,9-15H2,(H,25,29)(H,26,30). The maximum absolute atomic E-state index is 12.6. The monoisotopic (exact) mass is 462 g/mol. The smallest absolute Gasteiger partial charge is 0.309 e. The molecular formula is C22H24Cl2N4O3. The highest BCUT2D eigenvalue weighted by molar-refractivity contribution is 6.35. The van der Waals surface area contributed by atoms with E-state index in [2.05, 4.69) is 15.5 Å². The molecule has 0 aromatic heterocycles. The van der Waals surface area contributed by atoms with Crippen LogP contribution in [0.15, 0.2) is 48.5 Å². The number of piperazine rings is 1. The third kappa shape index (κ3) is 6.69. The molecule has 3 amide bonds. The second-order valence-electron chi connectivity index (χ2n) is 7.18. The summed E-state index contributed by atoms with van der Waals surface area (Å²) < 4.78 is 0. The minimum absolute atomic E-state index is 0.0732. The second-order valence-corrected chi connectivity index (χ2v) is 8.02. The van der Waals surface area contributed by atoms with Gasteiger partial charge in [-0.2, -0.15) is 0 Å². The zero-order valence-corrected chi connectivity index (χ0v) is 18.5. The fourth-order valence-electron chi connectivity index (χ4n) is 3.25. The van der Waals surface area contributed by atoms with Crippen molar-refractivity contribution in [3.05, 3.63) is 69.7 Å². The molecule has 0 radical (unpaired) electrons. The topological polar surface area (TPSA) is 81.8 Å². The first-order chi connectivity index (χ1) is 14.9. The van der Waals surface area contributed by atoms with E-state index in [1.807, 2.05) is 0 Å². The lowest BCUT2D eigenvalue weighted by Gasteiger charge is -2.34. The summed E-state index contributed by atoms with van der Waals surface area (Å²) in [5.41, 5.74) is 1.37. The normalized spacial score (nSPS) is 14.2. The molecule has 1 fully saturated rings. The third-order valence-corrected chi connectivity index (χ3v) is 5.63. The van der Waals surface area contributed by atoms with Gasteiger partial charge in [-0.15, -0.1) is 0 Å². The Morgan fingerprint density at radius 2 is 1.48 bits per heavy atom. The second kappa shape index (κ2) is 11.1. The highest BCUT2D eigenvalue weighted by Crippen LogP contribution is 2.18. The average molecular weight is 463 g/mol. The molecule has 1 saturated heterocycles. The van der Waals surface area contributed by atoms with Crippen LogP contribution < -0.4 is 10.6 Å². The van der Waals surface area contributed by atoms with Crippen LogP contribution in [0.5, 0.6) is 0 Å². The molecule has 0 unspecified atom stereocenters. The fraction of sp³-hybridized carbons (Fsp3) is 0.318. The van der Waals surface area contributed by atoms with Gasteiger partial charge in [-0.3, -0.25) is 19.3 Å². The summed E-state index contributed by atoms with van der Waals surface area (Å²) in [6, 6.07) is 14.1. The summed E-state index contributed by atoms with van der Waals surface area (Å²) in [5.74, 6) is -1.41. The van der Waals surface area contributed by atoms with Crippen molar-refractivity contribution in [2.45, 2.75) is 6.54 Å². The maximum atomic E-state index is 12.6. The first-order valence-electron chi connectivity index (χ1n) is 10.0. The summed E-state index contributed by atoms with van der Waals surface area (Å²) in [6.45, 7) is 3.75. The molecular weight excluding hydrogens is 439 g/mol. The first kappa shape index (κ1) is 23.1. The highest BCUT2D eigenvalue weighted by Gasteiger charge is 2.23. The van der Waals surface area contributed by atoms with Crippen LogP contribution in [-0.4, -0.2) is 66.8 Å². The number of hydrogen-bond donors (Lipinski definition) is 2. The zero-order chi connectivity index (χ0) is 22.2. The van der Waals surface area contributed by atoms with Crippen LogP contribution in [0, 0.1) is 0 Å². The summed E-state index contributed by atoms with van der Waals surface area (Å²) in [7, 11) is 0.